The van der Waals surface area contributed by atoms with E-state index >= 15 is 0 Å². The van der Waals surface area contributed by atoms with Gasteiger partial charge in [0, 0.05) is 18.1 Å². The van der Waals surface area contributed by atoms with E-state index in [0.29, 0.717) is 23.7 Å². The second kappa shape index (κ2) is 14.9. The number of ether oxygens (including phenoxy) is 1. The highest BCUT2D eigenvalue weighted by Gasteiger charge is 2.33. The van der Waals surface area contributed by atoms with Crippen LogP contribution < -0.4 is 14.4 Å². The predicted octanol–water partition coefficient (Wildman–Crippen LogP) is 5.58. The van der Waals surface area contributed by atoms with Crippen LogP contribution in [-0.4, -0.2) is 51.4 Å². The molecule has 0 spiro atoms. The molecule has 3 aromatic rings. The van der Waals surface area contributed by atoms with Gasteiger partial charge in [0.2, 0.25) is 11.8 Å². The maximum atomic E-state index is 14.1. The first kappa shape index (κ1) is 32.0. The third-order valence-corrected chi connectivity index (χ3v) is 8.73. The molecule has 10 heteroatoms. The monoisotopic (exact) mass is 599 g/mol. The van der Waals surface area contributed by atoms with Gasteiger partial charge in [-0.2, -0.15) is 0 Å². The average Bonchev–Trinajstić information content (AvgIpc) is 2.96. The van der Waals surface area contributed by atoms with E-state index in [1.165, 1.54) is 30.2 Å². The molecular weight excluding hydrogens is 562 g/mol. The lowest BCUT2D eigenvalue weighted by Gasteiger charge is -2.33. The molecule has 0 aliphatic rings. The summed E-state index contributed by atoms with van der Waals surface area (Å²) in [4.78, 5) is 28.8. The predicted molar refractivity (Wildman–Crippen MR) is 163 cm³/mol. The van der Waals surface area contributed by atoms with Gasteiger partial charge in [-0.05, 0) is 67.8 Å². The van der Waals surface area contributed by atoms with Crippen molar-refractivity contribution in [1.29, 1.82) is 0 Å². The number of carbonyl (C=O) groups is 2. The Hall–Kier alpha value is -3.56. The van der Waals surface area contributed by atoms with E-state index in [1.54, 1.807) is 30.3 Å². The number of sulfonamides is 1. The third-order valence-electron chi connectivity index (χ3n) is 6.71. The number of nitrogens with zero attached hydrogens (tertiary/aromatic N) is 2. The standard InChI is InChI=1S/C31H38ClN3O5S/c1-5-7-19-33-31(37)29(6-2)34(21-24-13-11-23(3)12-14-24)30(36)22-35(26-10-8-9-25(32)20-26)41(38,39)28-17-15-27(40-4)16-18-28/h8-18,20,29H,5-7,19,21-22H2,1-4H3,(H,33,37)/t29-/m0/s1. The van der Waals surface area contributed by atoms with Gasteiger partial charge in [-0.3, -0.25) is 13.9 Å². The Balaban J connectivity index is 2.03. The van der Waals surface area contributed by atoms with Crippen LogP contribution in [0.1, 0.15) is 44.2 Å². The second-order valence-corrected chi connectivity index (χ2v) is 12.0. The largest absolute Gasteiger partial charge is 0.497 e. The zero-order chi connectivity index (χ0) is 30.0. The van der Waals surface area contributed by atoms with Crippen LogP contribution in [0.5, 0.6) is 5.75 Å². The normalized spacial score (nSPS) is 11.9. The van der Waals surface area contributed by atoms with Crippen LogP contribution >= 0.6 is 11.6 Å². The molecule has 0 bridgehead atoms. The van der Waals surface area contributed by atoms with Crippen molar-refractivity contribution in [2.75, 3.05) is 24.5 Å². The molecule has 1 atom stereocenters. The van der Waals surface area contributed by atoms with E-state index in [2.05, 4.69) is 5.32 Å². The van der Waals surface area contributed by atoms with E-state index in [0.717, 1.165) is 28.3 Å². The number of halogens is 1. The highest BCUT2D eigenvalue weighted by molar-refractivity contribution is 7.92. The van der Waals surface area contributed by atoms with Crippen molar-refractivity contribution in [3.8, 4) is 5.75 Å². The van der Waals surface area contributed by atoms with Gasteiger partial charge < -0.3 is 15.0 Å². The van der Waals surface area contributed by atoms with Crippen molar-refractivity contribution in [1.82, 2.24) is 10.2 Å². The van der Waals surface area contributed by atoms with Crippen LogP contribution in [0.4, 0.5) is 5.69 Å². The van der Waals surface area contributed by atoms with Crippen LogP contribution in [0.3, 0.4) is 0 Å². The van der Waals surface area contributed by atoms with Gasteiger partial charge in [-0.15, -0.1) is 0 Å². The molecule has 0 radical (unpaired) electrons. The van der Waals surface area contributed by atoms with Crippen molar-refractivity contribution in [2.24, 2.45) is 0 Å². The van der Waals surface area contributed by atoms with Crippen LogP contribution in [0.25, 0.3) is 0 Å². The number of aryl methyl sites for hydroxylation is 1. The fourth-order valence-electron chi connectivity index (χ4n) is 4.35. The van der Waals surface area contributed by atoms with Gasteiger partial charge in [-0.1, -0.05) is 67.8 Å². The minimum Gasteiger partial charge on any atom is -0.497 e. The van der Waals surface area contributed by atoms with Crippen LogP contribution in [0.2, 0.25) is 5.02 Å². The molecule has 0 aromatic heterocycles. The zero-order valence-electron chi connectivity index (χ0n) is 24.0. The number of carbonyl (C=O) groups excluding carboxylic acids is 2. The molecule has 0 aliphatic heterocycles. The van der Waals surface area contributed by atoms with Gasteiger partial charge in [0.15, 0.2) is 0 Å². The minimum atomic E-state index is -4.20. The smallest absolute Gasteiger partial charge is 0.264 e. The zero-order valence-corrected chi connectivity index (χ0v) is 25.5. The summed E-state index contributed by atoms with van der Waals surface area (Å²) < 4.78 is 34.1. The third kappa shape index (κ3) is 8.47. The highest BCUT2D eigenvalue weighted by Crippen LogP contribution is 2.28. The summed E-state index contributed by atoms with van der Waals surface area (Å²) in [5.74, 6) is -0.285. The SMILES string of the molecule is CCCCNC(=O)[C@H](CC)N(Cc1ccc(C)cc1)C(=O)CN(c1cccc(Cl)c1)S(=O)(=O)c1ccc(OC)cc1. The Morgan fingerprint density at radius 1 is 1.00 bits per heavy atom. The van der Waals surface area contributed by atoms with Crippen molar-refractivity contribution >= 4 is 39.1 Å². The lowest BCUT2D eigenvalue weighted by atomic mass is 10.1. The van der Waals surface area contributed by atoms with Crippen molar-refractivity contribution in [3.63, 3.8) is 0 Å². The van der Waals surface area contributed by atoms with E-state index in [-0.39, 0.29) is 23.0 Å². The summed E-state index contributed by atoms with van der Waals surface area (Å²) in [7, 11) is -2.71. The van der Waals surface area contributed by atoms with Crippen LogP contribution in [-0.2, 0) is 26.2 Å². The van der Waals surface area contributed by atoms with E-state index in [9.17, 15) is 18.0 Å². The highest BCUT2D eigenvalue weighted by atomic mass is 35.5. The molecule has 0 unspecified atom stereocenters. The number of anilines is 1. The number of hydrogen-bond donors (Lipinski definition) is 1. The first-order valence-corrected chi connectivity index (χ1v) is 15.5. The molecule has 8 nitrogen and oxygen atoms in total. The number of benzene rings is 3. The quantitative estimate of drug-likeness (QED) is 0.244. The molecule has 3 rings (SSSR count). The molecule has 1 N–H and O–H groups in total. The van der Waals surface area contributed by atoms with Crippen molar-refractivity contribution < 1.29 is 22.7 Å². The molecule has 0 fully saturated rings. The van der Waals surface area contributed by atoms with Gasteiger partial charge >= 0.3 is 0 Å². The number of rotatable bonds is 14. The Kier molecular flexibility index (Phi) is 11.6. The van der Waals surface area contributed by atoms with Gasteiger partial charge in [0.25, 0.3) is 10.0 Å². The molecule has 41 heavy (non-hydrogen) atoms. The number of unbranched alkanes of at least 4 members (excludes halogenated alkanes) is 1. The maximum Gasteiger partial charge on any atom is 0.264 e. The number of nitrogens with one attached hydrogen (secondary N) is 1. The number of amides is 2. The first-order valence-electron chi connectivity index (χ1n) is 13.7. The average molecular weight is 600 g/mol. The molecule has 0 saturated heterocycles. The minimum absolute atomic E-state index is 0.0134. The molecule has 2 amide bonds. The summed E-state index contributed by atoms with van der Waals surface area (Å²) in [6, 6.07) is 19.2. The summed E-state index contributed by atoms with van der Waals surface area (Å²) >= 11 is 6.23. The summed E-state index contributed by atoms with van der Waals surface area (Å²) in [6.45, 7) is 5.95. The molecule has 220 valence electrons. The lowest BCUT2D eigenvalue weighted by Crippen LogP contribution is -2.52. The van der Waals surface area contributed by atoms with E-state index in [1.807, 2.05) is 45.0 Å². The lowest BCUT2D eigenvalue weighted by molar-refractivity contribution is -0.140. The molecular formula is C31H38ClN3O5S. The molecule has 0 saturated carbocycles. The second-order valence-electron chi connectivity index (χ2n) is 9.74. The molecule has 3 aromatic carbocycles. The topological polar surface area (TPSA) is 96.0 Å². The number of methoxy groups -OCH3 is 1. The molecule has 0 aliphatic carbocycles. The Labute approximate surface area is 248 Å². The summed E-state index contributed by atoms with van der Waals surface area (Å²) in [5.41, 5.74) is 2.13. The summed E-state index contributed by atoms with van der Waals surface area (Å²) in [5, 5.41) is 3.25. The van der Waals surface area contributed by atoms with Crippen LogP contribution in [0, 0.1) is 6.92 Å². The van der Waals surface area contributed by atoms with E-state index < -0.39 is 28.5 Å². The summed E-state index contributed by atoms with van der Waals surface area (Å²) in [6.07, 6.45) is 2.09. The fourth-order valence-corrected chi connectivity index (χ4v) is 5.94. The van der Waals surface area contributed by atoms with Gasteiger partial charge in [0.05, 0.1) is 17.7 Å². The van der Waals surface area contributed by atoms with Gasteiger partial charge in [-0.25, -0.2) is 8.42 Å². The number of hydrogen-bond acceptors (Lipinski definition) is 5. The first-order chi connectivity index (χ1) is 19.6. The molecule has 0 heterocycles. The van der Waals surface area contributed by atoms with E-state index in [4.69, 9.17) is 16.3 Å². The van der Waals surface area contributed by atoms with Crippen molar-refractivity contribution in [2.45, 2.75) is 57.5 Å². The Bertz CT molecular complexity index is 1410. The Morgan fingerprint density at radius 3 is 2.27 bits per heavy atom. The Morgan fingerprint density at radius 2 is 1.68 bits per heavy atom. The van der Waals surface area contributed by atoms with Gasteiger partial charge in [0.1, 0.15) is 18.3 Å². The van der Waals surface area contributed by atoms with Crippen molar-refractivity contribution in [3.05, 3.63) is 88.9 Å². The fraction of sp³-hybridized carbons (Fsp3) is 0.355. The van der Waals surface area contributed by atoms with Crippen LogP contribution in [0.15, 0.2) is 77.7 Å². The maximum absolute atomic E-state index is 14.1.